The van der Waals surface area contributed by atoms with Crippen LogP contribution in [0.3, 0.4) is 0 Å². The minimum Gasteiger partial charge on any atom is -0.481 e. The predicted molar refractivity (Wildman–Crippen MR) is 76.4 cm³/mol. The molecule has 2 aliphatic heterocycles. The van der Waals surface area contributed by atoms with E-state index < -0.39 is 0 Å². The van der Waals surface area contributed by atoms with Crippen molar-refractivity contribution in [3.63, 3.8) is 0 Å². The summed E-state index contributed by atoms with van der Waals surface area (Å²) in [5.41, 5.74) is 0. The van der Waals surface area contributed by atoms with Gasteiger partial charge in [0.15, 0.2) is 0 Å². The van der Waals surface area contributed by atoms with Crippen LogP contribution in [0.25, 0.3) is 0 Å². The monoisotopic (exact) mass is 278 g/mol. The molecule has 0 aromatic carbocycles. The zero-order valence-electron chi connectivity index (χ0n) is 12.1. The molecule has 1 aromatic rings. The summed E-state index contributed by atoms with van der Waals surface area (Å²) in [4.78, 5) is 11.3. The van der Waals surface area contributed by atoms with Gasteiger partial charge < -0.3 is 19.7 Å². The molecule has 110 valence electrons. The Morgan fingerprint density at radius 1 is 1.15 bits per heavy atom. The highest BCUT2D eigenvalue weighted by Crippen LogP contribution is 2.28. The van der Waals surface area contributed by atoms with E-state index in [4.69, 9.17) is 9.47 Å². The van der Waals surface area contributed by atoms with Gasteiger partial charge in [0.1, 0.15) is 0 Å². The van der Waals surface area contributed by atoms with Crippen LogP contribution in [0.4, 0.5) is 5.95 Å². The lowest BCUT2D eigenvalue weighted by Crippen LogP contribution is -2.43. The van der Waals surface area contributed by atoms with Gasteiger partial charge in [0.2, 0.25) is 17.7 Å². The third kappa shape index (κ3) is 2.80. The molecule has 1 aromatic heterocycles. The Morgan fingerprint density at radius 2 is 1.90 bits per heavy atom. The molecule has 0 bridgehead atoms. The molecule has 2 fully saturated rings. The molecule has 2 unspecified atom stereocenters. The Bertz CT molecular complexity index is 446. The zero-order chi connectivity index (χ0) is 13.9. The fourth-order valence-electron chi connectivity index (χ4n) is 3.22. The first-order chi connectivity index (χ1) is 9.78. The first kappa shape index (κ1) is 13.4. The number of piperidine rings is 1. The Labute approximate surface area is 119 Å². The van der Waals surface area contributed by atoms with E-state index in [0.717, 1.165) is 12.5 Å². The van der Waals surface area contributed by atoms with Crippen LogP contribution in [-0.4, -0.2) is 54.3 Å². The topological polar surface area (TPSA) is 59.5 Å². The first-order valence-corrected chi connectivity index (χ1v) is 7.26. The van der Waals surface area contributed by atoms with E-state index >= 15 is 0 Å². The molecule has 6 nitrogen and oxygen atoms in total. The number of ether oxygens (including phenoxy) is 2. The number of hydrogen-bond donors (Lipinski definition) is 1. The van der Waals surface area contributed by atoms with Crippen molar-refractivity contribution < 1.29 is 9.47 Å². The maximum Gasteiger partial charge on any atom is 0.229 e. The summed E-state index contributed by atoms with van der Waals surface area (Å²) >= 11 is 0. The largest absolute Gasteiger partial charge is 0.481 e. The summed E-state index contributed by atoms with van der Waals surface area (Å²) in [6.07, 6.45) is 4.96. The van der Waals surface area contributed by atoms with Gasteiger partial charge in [-0.05, 0) is 32.2 Å². The highest BCUT2D eigenvalue weighted by Gasteiger charge is 2.31. The summed E-state index contributed by atoms with van der Waals surface area (Å²) in [5.74, 6) is 1.65. The molecule has 3 heterocycles. The second-order valence-electron chi connectivity index (χ2n) is 5.47. The standard InChI is InChI=1S/C14H22N4O2/c1-19-12-9-13(20-2)17-14(16-12)15-10-5-7-18-6-3-4-11(18)8-10/h9-11H,3-8H2,1-2H3,(H,15,16,17). The molecule has 0 spiro atoms. The SMILES string of the molecule is COc1cc(OC)nc(NC2CCN3CCCC3C2)n1. The first-order valence-electron chi connectivity index (χ1n) is 7.26. The Balaban J connectivity index is 1.68. The number of hydrogen-bond acceptors (Lipinski definition) is 6. The lowest BCUT2D eigenvalue weighted by atomic mass is 9.98. The van der Waals surface area contributed by atoms with Crippen LogP contribution in [0.2, 0.25) is 0 Å². The van der Waals surface area contributed by atoms with E-state index in [0.29, 0.717) is 23.8 Å². The molecule has 6 heteroatoms. The molecule has 0 amide bonds. The lowest BCUT2D eigenvalue weighted by molar-refractivity contribution is 0.187. The van der Waals surface area contributed by atoms with Gasteiger partial charge in [0.25, 0.3) is 0 Å². The van der Waals surface area contributed by atoms with Crippen molar-refractivity contribution in [1.82, 2.24) is 14.9 Å². The summed E-state index contributed by atoms with van der Waals surface area (Å²) in [5, 5.41) is 3.43. The van der Waals surface area contributed by atoms with E-state index in [1.807, 2.05) is 0 Å². The van der Waals surface area contributed by atoms with Crippen molar-refractivity contribution in [3.8, 4) is 11.8 Å². The average Bonchev–Trinajstić information content (AvgIpc) is 2.94. The fraction of sp³-hybridized carbons (Fsp3) is 0.714. The molecule has 3 rings (SSSR count). The normalized spacial score (nSPS) is 26.1. The quantitative estimate of drug-likeness (QED) is 0.901. The van der Waals surface area contributed by atoms with E-state index in [1.165, 1.54) is 32.4 Å². The number of methoxy groups -OCH3 is 2. The van der Waals surface area contributed by atoms with Gasteiger partial charge in [-0.25, -0.2) is 0 Å². The van der Waals surface area contributed by atoms with Crippen LogP contribution in [-0.2, 0) is 0 Å². The van der Waals surface area contributed by atoms with Crippen LogP contribution in [0.15, 0.2) is 6.07 Å². The fourth-order valence-corrected chi connectivity index (χ4v) is 3.22. The summed E-state index contributed by atoms with van der Waals surface area (Å²) in [6.45, 7) is 2.43. The summed E-state index contributed by atoms with van der Waals surface area (Å²) in [7, 11) is 3.20. The highest BCUT2D eigenvalue weighted by molar-refractivity contribution is 5.34. The maximum absolute atomic E-state index is 5.18. The Hall–Kier alpha value is -1.56. The number of rotatable bonds is 4. The van der Waals surface area contributed by atoms with Crippen molar-refractivity contribution >= 4 is 5.95 Å². The van der Waals surface area contributed by atoms with Gasteiger partial charge in [-0.2, -0.15) is 9.97 Å². The molecular formula is C14H22N4O2. The van der Waals surface area contributed by atoms with Crippen molar-refractivity contribution in [1.29, 1.82) is 0 Å². The van der Waals surface area contributed by atoms with Gasteiger partial charge in [-0.15, -0.1) is 0 Å². The second-order valence-corrected chi connectivity index (χ2v) is 5.47. The van der Waals surface area contributed by atoms with E-state index in [1.54, 1.807) is 20.3 Å². The molecule has 2 atom stereocenters. The lowest BCUT2D eigenvalue weighted by Gasteiger charge is -2.35. The molecule has 20 heavy (non-hydrogen) atoms. The number of aromatic nitrogens is 2. The van der Waals surface area contributed by atoms with Crippen LogP contribution < -0.4 is 14.8 Å². The average molecular weight is 278 g/mol. The number of nitrogens with zero attached hydrogens (tertiary/aromatic N) is 3. The maximum atomic E-state index is 5.18. The molecule has 1 N–H and O–H groups in total. The smallest absolute Gasteiger partial charge is 0.229 e. The van der Waals surface area contributed by atoms with Gasteiger partial charge >= 0.3 is 0 Å². The van der Waals surface area contributed by atoms with Crippen LogP contribution in [0.1, 0.15) is 25.7 Å². The molecule has 2 saturated heterocycles. The van der Waals surface area contributed by atoms with E-state index in [9.17, 15) is 0 Å². The van der Waals surface area contributed by atoms with Crippen LogP contribution in [0.5, 0.6) is 11.8 Å². The van der Waals surface area contributed by atoms with Crippen molar-refractivity contribution in [2.24, 2.45) is 0 Å². The van der Waals surface area contributed by atoms with Crippen LogP contribution in [0, 0.1) is 0 Å². The minimum absolute atomic E-state index is 0.436. The Morgan fingerprint density at radius 3 is 2.60 bits per heavy atom. The molecule has 0 aliphatic carbocycles. The third-order valence-electron chi connectivity index (χ3n) is 4.25. The third-order valence-corrected chi connectivity index (χ3v) is 4.25. The van der Waals surface area contributed by atoms with Crippen LogP contribution >= 0.6 is 0 Å². The number of fused-ring (bicyclic) bond motifs is 1. The number of nitrogens with one attached hydrogen (secondary N) is 1. The van der Waals surface area contributed by atoms with Gasteiger partial charge in [-0.1, -0.05) is 0 Å². The minimum atomic E-state index is 0.436. The van der Waals surface area contributed by atoms with E-state index in [-0.39, 0.29) is 0 Å². The van der Waals surface area contributed by atoms with Crippen molar-refractivity contribution in [2.45, 2.75) is 37.8 Å². The van der Waals surface area contributed by atoms with Gasteiger partial charge in [0, 0.05) is 18.6 Å². The molecular weight excluding hydrogens is 256 g/mol. The zero-order valence-corrected chi connectivity index (χ0v) is 12.1. The molecule has 0 radical (unpaired) electrons. The van der Waals surface area contributed by atoms with Gasteiger partial charge in [0.05, 0.1) is 20.3 Å². The molecule has 0 saturated carbocycles. The van der Waals surface area contributed by atoms with E-state index in [2.05, 4.69) is 20.2 Å². The highest BCUT2D eigenvalue weighted by atomic mass is 16.5. The van der Waals surface area contributed by atoms with Crippen molar-refractivity contribution in [3.05, 3.63) is 6.07 Å². The molecule has 2 aliphatic rings. The Kier molecular flexibility index (Phi) is 3.91. The predicted octanol–water partition coefficient (Wildman–Crippen LogP) is 1.53. The summed E-state index contributed by atoms with van der Waals surface area (Å²) in [6, 6.07) is 2.85. The second kappa shape index (κ2) is 5.83. The van der Waals surface area contributed by atoms with Gasteiger partial charge in [-0.3, -0.25) is 0 Å². The van der Waals surface area contributed by atoms with Crippen molar-refractivity contribution in [2.75, 3.05) is 32.6 Å². The summed E-state index contributed by atoms with van der Waals surface area (Å²) < 4.78 is 10.4. The number of anilines is 1.